The Morgan fingerprint density at radius 1 is 1.13 bits per heavy atom. The molecule has 156 valence electrons. The quantitative estimate of drug-likeness (QED) is 0.373. The van der Waals surface area contributed by atoms with E-state index in [4.69, 9.17) is 23.7 Å². The maximum absolute atomic E-state index is 12.8. The molecule has 0 fully saturated rings. The first-order valence-corrected chi connectivity index (χ1v) is 9.17. The molecule has 2 aromatic rings. The van der Waals surface area contributed by atoms with Crippen molar-refractivity contribution in [1.82, 2.24) is 0 Å². The molecule has 3 rings (SSSR count). The molecule has 0 spiro atoms. The van der Waals surface area contributed by atoms with Crippen molar-refractivity contribution in [2.45, 2.75) is 6.92 Å². The minimum absolute atomic E-state index is 0.117. The Morgan fingerprint density at radius 3 is 2.63 bits per heavy atom. The highest BCUT2D eigenvalue weighted by Gasteiger charge is 2.30. The number of allylic oxidation sites excluding steroid dienone is 1. The summed E-state index contributed by atoms with van der Waals surface area (Å²) in [6, 6.07) is 8.51. The number of ketones is 1. The van der Waals surface area contributed by atoms with Crippen molar-refractivity contribution in [3.63, 3.8) is 0 Å². The van der Waals surface area contributed by atoms with Crippen LogP contribution in [-0.2, 0) is 9.53 Å². The van der Waals surface area contributed by atoms with Gasteiger partial charge in [-0.25, -0.2) is 4.79 Å². The number of hydrogen-bond donors (Lipinski definition) is 0. The smallest absolute Gasteiger partial charge is 0.344 e. The van der Waals surface area contributed by atoms with Crippen LogP contribution >= 0.6 is 0 Å². The summed E-state index contributed by atoms with van der Waals surface area (Å²) in [4.78, 5) is 24.4. The molecule has 1 aliphatic rings. The SMILES string of the molecule is C=CCOC(=O)COc1ccc2c(c1C)O/C(=C\c1ccc(OC)cc1OC)C2=O. The van der Waals surface area contributed by atoms with Crippen LogP contribution in [0.25, 0.3) is 6.08 Å². The molecule has 1 aliphatic heterocycles. The normalized spacial score (nSPS) is 13.4. The van der Waals surface area contributed by atoms with Crippen molar-refractivity contribution >= 4 is 17.8 Å². The molecule has 30 heavy (non-hydrogen) atoms. The van der Waals surface area contributed by atoms with Crippen LogP contribution < -0.4 is 18.9 Å². The van der Waals surface area contributed by atoms with E-state index in [1.807, 2.05) is 0 Å². The van der Waals surface area contributed by atoms with Crippen molar-refractivity contribution in [2.75, 3.05) is 27.4 Å². The third-order valence-corrected chi connectivity index (χ3v) is 4.47. The zero-order valence-electron chi connectivity index (χ0n) is 17.0. The van der Waals surface area contributed by atoms with Gasteiger partial charge in [-0.3, -0.25) is 4.79 Å². The lowest BCUT2D eigenvalue weighted by Gasteiger charge is -2.11. The Kier molecular flexibility index (Phi) is 6.41. The van der Waals surface area contributed by atoms with E-state index in [0.717, 1.165) is 0 Å². The first-order chi connectivity index (χ1) is 14.5. The minimum Gasteiger partial charge on any atom is -0.497 e. The molecule has 7 heteroatoms. The second-order valence-electron chi connectivity index (χ2n) is 6.37. The van der Waals surface area contributed by atoms with Gasteiger partial charge in [0.2, 0.25) is 5.78 Å². The molecule has 0 bridgehead atoms. The molecule has 2 aromatic carbocycles. The molecule has 0 amide bonds. The number of carbonyl (C=O) groups excluding carboxylic acids is 2. The predicted molar refractivity (Wildman–Crippen MR) is 110 cm³/mol. The number of methoxy groups -OCH3 is 2. The summed E-state index contributed by atoms with van der Waals surface area (Å²) in [5.41, 5.74) is 1.71. The molecular formula is C23H22O7. The first kappa shape index (κ1) is 21.0. The fourth-order valence-corrected chi connectivity index (χ4v) is 2.93. The largest absolute Gasteiger partial charge is 0.497 e. The van der Waals surface area contributed by atoms with Gasteiger partial charge >= 0.3 is 5.97 Å². The molecule has 0 radical (unpaired) electrons. The number of ether oxygens (including phenoxy) is 5. The van der Waals surface area contributed by atoms with Crippen molar-refractivity contribution in [2.24, 2.45) is 0 Å². The second-order valence-corrected chi connectivity index (χ2v) is 6.37. The number of Topliss-reactive ketones (excluding diaryl/α,β-unsaturated/α-hetero) is 1. The van der Waals surface area contributed by atoms with Gasteiger partial charge < -0.3 is 23.7 Å². The van der Waals surface area contributed by atoms with Crippen LogP contribution in [0, 0.1) is 6.92 Å². The van der Waals surface area contributed by atoms with Crippen LogP contribution in [0.15, 0.2) is 48.7 Å². The van der Waals surface area contributed by atoms with Crippen LogP contribution in [0.3, 0.4) is 0 Å². The molecule has 0 saturated carbocycles. The molecule has 0 atom stereocenters. The molecule has 0 aromatic heterocycles. The van der Waals surface area contributed by atoms with E-state index in [1.54, 1.807) is 50.4 Å². The van der Waals surface area contributed by atoms with Gasteiger partial charge in [0.15, 0.2) is 12.4 Å². The predicted octanol–water partition coefficient (Wildman–Crippen LogP) is 3.74. The van der Waals surface area contributed by atoms with Gasteiger partial charge in [-0.15, -0.1) is 0 Å². The van der Waals surface area contributed by atoms with Gasteiger partial charge in [0.05, 0.1) is 19.8 Å². The van der Waals surface area contributed by atoms with Crippen molar-refractivity contribution in [3.05, 3.63) is 65.4 Å². The molecule has 1 heterocycles. The Balaban J connectivity index is 1.83. The van der Waals surface area contributed by atoms with Crippen LogP contribution in [0.1, 0.15) is 21.5 Å². The van der Waals surface area contributed by atoms with Gasteiger partial charge in [0.1, 0.15) is 29.6 Å². The monoisotopic (exact) mass is 410 g/mol. The lowest BCUT2D eigenvalue weighted by atomic mass is 10.1. The molecule has 0 saturated heterocycles. The third-order valence-electron chi connectivity index (χ3n) is 4.47. The Labute approximate surface area is 174 Å². The van der Waals surface area contributed by atoms with Crippen molar-refractivity contribution in [3.8, 4) is 23.0 Å². The zero-order valence-corrected chi connectivity index (χ0v) is 17.0. The number of rotatable bonds is 8. The summed E-state index contributed by atoms with van der Waals surface area (Å²) in [5.74, 6) is 1.42. The lowest BCUT2D eigenvalue weighted by Crippen LogP contribution is -2.15. The second kappa shape index (κ2) is 9.17. The Morgan fingerprint density at radius 2 is 1.93 bits per heavy atom. The van der Waals surface area contributed by atoms with Gasteiger partial charge in [0, 0.05) is 17.2 Å². The van der Waals surface area contributed by atoms with Gasteiger partial charge in [-0.2, -0.15) is 0 Å². The Hall–Kier alpha value is -3.74. The number of benzene rings is 2. The van der Waals surface area contributed by atoms with E-state index in [1.165, 1.54) is 13.2 Å². The fraction of sp³-hybridized carbons (Fsp3) is 0.217. The summed E-state index contributed by atoms with van der Waals surface area (Å²) in [6.45, 7) is 5.10. The summed E-state index contributed by atoms with van der Waals surface area (Å²) in [6.07, 6.45) is 3.09. The molecule has 0 aliphatic carbocycles. The maximum atomic E-state index is 12.8. The minimum atomic E-state index is -0.515. The van der Waals surface area contributed by atoms with Crippen LogP contribution in [0.4, 0.5) is 0 Å². The Bertz CT molecular complexity index is 1020. The molecular weight excluding hydrogens is 388 g/mol. The van der Waals surface area contributed by atoms with Gasteiger partial charge in [-0.1, -0.05) is 12.7 Å². The van der Waals surface area contributed by atoms with E-state index in [-0.39, 0.29) is 24.8 Å². The summed E-state index contributed by atoms with van der Waals surface area (Å²) in [5, 5.41) is 0. The topological polar surface area (TPSA) is 80.3 Å². The van der Waals surface area contributed by atoms with E-state index in [2.05, 4.69) is 6.58 Å². The molecule has 0 N–H and O–H groups in total. The highest BCUT2D eigenvalue weighted by molar-refractivity contribution is 6.15. The highest BCUT2D eigenvalue weighted by atomic mass is 16.6. The summed E-state index contributed by atoms with van der Waals surface area (Å²) >= 11 is 0. The van der Waals surface area contributed by atoms with E-state index in [9.17, 15) is 9.59 Å². The van der Waals surface area contributed by atoms with Crippen LogP contribution in [-0.4, -0.2) is 39.2 Å². The number of fused-ring (bicyclic) bond motifs is 1. The fourth-order valence-electron chi connectivity index (χ4n) is 2.93. The van der Waals surface area contributed by atoms with Crippen molar-refractivity contribution in [1.29, 1.82) is 0 Å². The van der Waals surface area contributed by atoms with E-state index < -0.39 is 5.97 Å². The average molecular weight is 410 g/mol. The van der Waals surface area contributed by atoms with E-state index in [0.29, 0.717) is 39.7 Å². The van der Waals surface area contributed by atoms with Gasteiger partial charge in [-0.05, 0) is 37.3 Å². The summed E-state index contributed by atoms with van der Waals surface area (Å²) < 4.78 is 26.8. The lowest BCUT2D eigenvalue weighted by molar-refractivity contribution is -0.144. The average Bonchev–Trinajstić information content (AvgIpc) is 3.08. The van der Waals surface area contributed by atoms with E-state index >= 15 is 0 Å². The maximum Gasteiger partial charge on any atom is 0.344 e. The van der Waals surface area contributed by atoms with Crippen LogP contribution in [0.5, 0.6) is 23.0 Å². The van der Waals surface area contributed by atoms with Crippen molar-refractivity contribution < 1.29 is 33.3 Å². The first-order valence-electron chi connectivity index (χ1n) is 9.17. The number of carbonyl (C=O) groups is 2. The highest BCUT2D eigenvalue weighted by Crippen LogP contribution is 2.40. The van der Waals surface area contributed by atoms with Gasteiger partial charge in [0.25, 0.3) is 0 Å². The molecule has 7 nitrogen and oxygen atoms in total. The molecule has 0 unspecified atom stereocenters. The third kappa shape index (κ3) is 4.30. The zero-order chi connectivity index (χ0) is 21.7. The number of esters is 1. The standard InChI is InChI=1S/C23H22O7/c1-5-10-28-21(24)13-29-18-9-8-17-22(25)20(30-23(17)14(18)2)11-15-6-7-16(26-3)12-19(15)27-4/h5-9,11-12H,1,10,13H2,2-4H3/b20-11-. The van der Waals surface area contributed by atoms with Crippen LogP contribution in [0.2, 0.25) is 0 Å². The number of hydrogen-bond acceptors (Lipinski definition) is 7. The summed E-state index contributed by atoms with van der Waals surface area (Å²) in [7, 11) is 3.10.